The van der Waals surface area contributed by atoms with Crippen LogP contribution in [0.3, 0.4) is 0 Å². The van der Waals surface area contributed by atoms with Crippen molar-refractivity contribution < 1.29 is 14.4 Å². The smallest absolute Gasteiger partial charge is 0.251 e. The molecule has 38 heavy (non-hydrogen) atoms. The highest BCUT2D eigenvalue weighted by Gasteiger charge is 2.42. The SMILES string of the molecule is Cc1cc(C(N)=O)c(NC(C)C2CC2)cc1C(=O)N[C@H]1C[C@H]2CC[C@@H](C1)N2c1ccc(C(=O)C2CC2)cn1. The predicted octanol–water partition coefficient (Wildman–Crippen LogP) is 4.22. The third kappa shape index (κ3) is 4.88. The van der Waals surface area contributed by atoms with E-state index < -0.39 is 5.91 Å². The Labute approximate surface area is 223 Å². The molecule has 3 heterocycles. The number of aryl methyl sites for hydroxylation is 1. The molecule has 8 heteroatoms. The Morgan fingerprint density at radius 2 is 1.71 bits per heavy atom. The van der Waals surface area contributed by atoms with Gasteiger partial charge in [0.25, 0.3) is 11.8 Å². The minimum absolute atomic E-state index is 0.0731. The van der Waals surface area contributed by atoms with E-state index in [0.717, 1.165) is 49.9 Å². The number of carbonyl (C=O) groups is 3. The number of Topliss-reactive ketones (excluding diaryl/α,β-unsaturated/α-hetero) is 1. The summed E-state index contributed by atoms with van der Waals surface area (Å²) in [6.45, 7) is 3.96. The standard InChI is InChI=1S/C30H37N5O3/c1-16-11-25(29(31)37)26(33-17(2)18-3-4-18)14-24(16)30(38)34-21-12-22-8-9-23(13-21)35(22)27-10-7-20(15-32-27)28(36)19-5-6-19/h7,10-11,14-15,17-19,21-23,33H,3-6,8-9,12-13H2,1-2H3,(H2,31,37)(H,34,38)/t17?,21-,22+,23-. The molecule has 2 saturated heterocycles. The molecule has 2 bridgehead atoms. The molecule has 2 saturated carbocycles. The van der Waals surface area contributed by atoms with E-state index in [-0.39, 0.29) is 29.7 Å². The van der Waals surface area contributed by atoms with E-state index in [2.05, 4.69) is 27.4 Å². The van der Waals surface area contributed by atoms with Gasteiger partial charge in [0.05, 0.1) is 5.56 Å². The number of hydrogen-bond acceptors (Lipinski definition) is 6. The predicted molar refractivity (Wildman–Crippen MR) is 147 cm³/mol. The van der Waals surface area contributed by atoms with Crippen LogP contribution in [0.25, 0.3) is 0 Å². The van der Waals surface area contributed by atoms with Crippen LogP contribution in [0.4, 0.5) is 11.5 Å². The van der Waals surface area contributed by atoms with E-state index in [0.29, 0.717) is 40.4 Å². The number of primary amides is 1. The molecule has 6 rings (SSSR count). The lowest BCUT2D eigenvalue weighted by Crippen LogP contribution is -2.50. The number of rotatable bonds is 9. The van der Waals surface area contributed by atoms with Crippen molar-refractivity contribution in [2.45, 2.75) is 89.4 Å². The Balaban J connectivity index is 1.14. The third-order valence-corrected chi connectivity index (χ3v) is 8.90. The molecule has 8 nitrogen and oxygen atoms in total. The maximum absolute atomic E-state index is 13.4. The summed E-state index contributed by atoms with van der Waals surface area (Å²) in [5.74, 6) is 1.33. The van der Waals surface area contributed by atoms with Gasteiger partial charge in [-0.25, -0.2) is 4.98 Å². The molecule has 2 amide bonds. The number of nitrogens with one attached hydrogen (secondary N) is 2. The number of ketones is 1. The summed E-state index contributed by atoms with van der Waals surface area (Å²) < 4.78 is 0. The van der Waals surface area contributed by atoms with Gasteiger partial charge < -0.3 is 21.3 Å². The number of benzene rings is 1. The first kappa shape index (κ1) is 24.9. The van der Waals surface area contributed by atoms with Gasteiger partial charge in [0.15, 0.2) is 5.78 Å². The maximum Gasteiger partial charge on any atom is 0.251 e. The number of anilines is 2. The molecular formula is C30H37N5O3. The van der Waals surface area contributed by atoms with Crippen molar-refractivity contribution in [3.05, 3.63) is 52.7 Å². The molecule has 4 N–H and O–H groups in total. The summed E-state index contributed by atoms with van der Waals surface area (Å²) in [6.07, 6.45) is 9.94. The summed E-state index contributed by atoms with van der Waals surface area (Å²) >= 11 is 0. The van der Waals surface area contributed by atoms with Gasteiger partial charge in [-0.15, -0.1) is 0 Å². The highest BCUT2D eigenvalue weighted by Crippen LogP contribution is 2.39. The first-order valence-electron chi connectivity index (χ1n) is 14.1. The van der Waals surface area contributed by atoms with Gasteiger partial charge in [-0.2, -0.15) is 0 Å². The van der Waals surface area contributed by atoms with Crippen LogP contribution >= 0.6 is 0 Å². The Bertz CT molecular complexity index is 1250. The van der Waals surface area contributed by atoms with E-state index >= 15 is 0 Å². The molecule has 0 radical (unpaired) electrons. The second-order valence-electron chi connectivity index (χ2n) is 11.8. The van der Waals surface area contributed by atoms with Gasteiger partial charge in [0, 0.05) is 53.1 Å². The summed E-state index contributed by atoms with van der Waals surface area (Å²) in [5.41, 5.74) is 8.75. The van der Waals surface area contributed by atoms with Crippen molar-refractivity contribution >= 4 is 29.1 Å². The van der Waals surface area contributed by atoms with Crippen LogP contribution < -0.4 is 21.3 Å². The Morgan fingerprint density at radius 3 is 2.29 bits per heavy atom. The number of fused-ring (bicyclic) bond motifs is 2. The maximum atomic E-state index is 13.4. The average molecular weight is 516 g/mol. The summed E-state index contributed by atoms with van der Waals surface area (Å²) in [4.78, 5) is 45.0. The van der Waals surface area contributed by atoms with Crippen molar-refractivity contribution in [2.24, 2.45) is 17.6 Å². The molecule has 1 aromatic carbocycles. The van der Waals surface area contributed by atoms with E-state index in [1.807, 2.05) is 19.1 Å². The van der Waals surface area contributed by atoms with Gasteiger partial charge >= 0.3 is 0 Å². The third-order valence-electron chi connectivity index (χ3n) is 8.90. The van der Waals surface area contributed by atoms with Crippen molar-refractivity contribution in [1.29, 1.82) is 0 Å². The van der Waals surface area contributed by atoms with Crippen molar-refractivity contribution in [3.63, 3.8) is 0 Å². The van der Waals surface area contributed by atoms with Gasteiger partial charge in [-0.1, -0.05) is 0 Å². The average Bonchev–Trinajstić information content (AvgIpc) is 3.81. The Hall–Kier alpha value is -3.42. The number of carbonyl (C=O) groups excluding carboxylic acids is 3. The fourth-order valence-electron chi connectivity index (χ4n) is 6.43. The summed E-state index contributed by atoms with van der Waals surface area (Å²) in [7, 11) is 0. The van der Waals surface area contributed by atoms with Gasteiger partial charge in [-0.05, 0) is 101 Å². The van der Waals surface area contributed by atoms with Crippen LogP contribution in [0.2, 0.25) is 0 Å². The first-order chi connectivity index (χ1) is 18.3. The fourth-order valence-corrected chi connectivity index (χ4v) is 6.43. The van der Waals surface area contributed by atoms with E-state index in [4.69, 9.17) is 5.73 Å². The Kier molecular flexibility index (Phi) is 6.36. The minimum atomic E-state index is -0.493. The largest absolute Gasteiger partial charge is 0.382 e. The molecule has 2 aliphatic carbocycles. The fraction of sp³-hybridized carbons (Fsp3) is 0.533. The van der Waals surface area contributed by atoms with Crippen LogP contribution in [0.5, 0.6) is 0 Å². The van der Waals surface area contributed by atoms with Crippen LogP contribution in [0.1, 0.15) is 94.9 Å². The molecule has 0 spiro atoms. The van der Waals surface area contributed by atoms with Crippen molar-refractivity contribution in [1.82, 2.24) is 10.3 Å². The molecular weight excluding hydrogens is 478 g/mol. The monoisotopic (exact) mass is 515 g/mol. The minimum Gasteiger partial charge on any atom is -0.382 e. The van der Waals surface area contributed by atoms with Gasteiger partial charge in [0.1, 0.15) is 5.82 Å². The van der Waals surface area contributed by atoms with Crippen molar-refractivity contribution in [3.8, 4) is 0 Å². The van der Waals surface area contributed by atoms with Gasteiger partial charge in [-0.3, -0.25) is 14.4 Å². The number of aromatic nitrogens is 1. The molecule has 200 valence electrons. The van der Waals surface area contributed by atoms with E-state index in [1.54, 1.807) is 18.3 Å². The zero-order chi connectivity index (χ0) is 26.6. The number of nitrogens with two attached hydrogens (primary N) is 1. The van der Waals surface area contributed by atoms with E-state index in [1.165, 1.54) is 12.8 Å². The molecule has 1 aromatic heterocycles. The summed E-state index contributed by atoms with van der Waals surface area (Å²) in [5, 5.41) is 6.71. The highest BCUT2D eigenvalue weighted by atomic mass is 16.2. The quantitative estimate of drug-likeness (QED) is 0.431. The zero-order valence-electron chi connectivity index (χ0n) is 22.2. The van der Waals surface area contributed by atoms with E-state index in [9.17, 15) is 14.4 Å². The molecule has 4 aliphatic rings. The second kappa shape index (κ2) is 9.71. The number of hydrogen-bond donors (Lipinski definition) is 3. The molecule has 2 aromatic rings. The second-order valence-corrected chi connectivity index (χ2v) is 11.8. The van der Waals surface area contributed by atoms with Gasteiger partial charge in [0.2, 0.25) is 0 Å². The molecule has 2 aliphatic heterocycles. The van der Waals surface area contributed by atoms with Crippen molar-refractivity contribution in [2.75, 3.05) is 10.2 Å². The summed E-state index contributed by atoms with van der Waals surface area (Å²) in [6, 6.07) is 8.35. The highest BCUT2D eigenvalue weighted by molar-refractivity contribution is 6.03. The zero-order valence-corrected chi connectivity index (χ0v) is 22.2. The number of amides is 2. The Morgan fingerprint density at radius 1 is 1.00 bits per heavy atom. The normalized spacial score (nSPS) is 25.1. The topological polar surface area (TPSA) is 117 Å². The number of pyridine rings is 1. The molecule has 1 unspecified atom stereocenters. The van der Waals surface area contributed by atoms with Crippen LogP contribution in [0, 0.1) is 18.8 Å². The lowest BCUT2D eigenvalue weighted by Gasteiger charge is -2.40. The number of nitrogens with zero attached hydrogens (tertiary/aromatic N) is 2. The first-order valence-corrected chi connectivity index (χ1v) is 14.1. The lowest BCUT2D eigenvalue weighted by atomic mass is 9.95. The molecule has 4 atom stereocenters. The van der Waals surface area contributed by atoms with Crippen LogP contribution in [-0.4, -0.2) is 46.7 Å². The van der Waals surface area contributed by atoms with Crippen LogP contribution in [0.15, 0.2) is 30.5 Å². The lowest BCUT2D eigenvalue weighted by molar-refractivity contribution is 0.0923. The number of piperidine rings is 1. The van der Waals surface area contributed by atoms with Crippen LogP contribution in [-0.2, 0) is 0 Å². The molecule has 4 fully saturated rings.